The van der Waals surface area contributed by atoms with Gasteiger partial charge in [0.05, 0.1) is 19.8 Å². The van der Waals surface area contributed by atoms with Crippen LogP contribution in [0.5, 0.6) is 0 Å². The Labute approximate surface area is 217 Å². The second-order valence-electron chi connectivity index (χ2n) is 9.90. The fraction of sp³-hybridized carbons (Fsp3) is 0.481. The van der Waals surface area contributed by atoms with Gasteiger partial charge in [-0.2, -0.15) is 4.98 Å². The molecule has 0 aliphatic carbocycles. The Morgan fingerprint density at radius 1 is 1.05 bits per heavy atom. The third-order valence-corrected chi connectivity index (χ3v) is 7.27. The van der Waals surface area contributed by atoms with Gasteiger partial charge >= 0.3 is 0 Å². The maximum atomic E-state index is 13.4. The van der Waals surface area contributed by atoms with Crippen LogP contribution in [0.4, 0.5) is 17.5 Å². The predicted octanol–water partition coefficient (Wildman–Crippen LogP) is 3.11. The van der Waals surface area contributed by atoms with E-state index in [4.69, 9.17) is 9.72 Å². The number of carbonyl (C=O) groups is 2. The molecule has 1 aromatic carbocycles. The number of H-pyrrole nitrogens is 1. The van der Waals surface area contributed by atoms with E-state index >= 15 is 0 Å². The van der Waals surface area contributed by atoms with E-state index in [1.54, 1.807) is 11.0 Å². The molecule has 3 aromatic rings. The van der Waals surface area contributed by atoms with Gasteiger partial charge in [0.1, 0.15) is 11.5 Å². The number of likely N-dealkylation sites (tertiary alicyclic amines) is 1. The first-order chi connectivity index (χ1) is 17.9. The van der Waals surface area contributed by atoms with E-state index in [9.17, 15) is 9.59 Å². The first-order valence-corrected chi connectivity index (χ1v) is 13.0. The van der Waals surface area contributed by atoms with Crippen LogP contribution < -0.4 is 15.1 Å². The Hall–Kier alpha value is -3.66. The highest BCUT2D eigenvalue weighted by molar-refractivity contribution is 6.04. The number of aromatic amines is 1. The number of aryl methyl sites for hydroxylation is 2. The summed E-state index contributed by atoms with van der Waals surface area (Å²) in [4.78, 5) is 44.7. The first kappa shape index (κ1) is 25.0. The van der Waals surface area contributed by atoms with Crippen LogP contribution in [0.3, 0.4) is 0 Å². The maximum Gasteiger partial charge on any atom is 0.274 e. The third-order valence-electron chi connectivity index (χ3n) is 7.27. The number of hydrogen-bond donors (Lipinski definition) is 2. The molecule has 10 nitrogen and oxygen atoms in total. The summed E-state index contributed by atoms with van der Waals surface area (Å²) in [5.41, 5.74) is 4.25. The van der Waals surface area contributed by atoms with Gasteiger partial charge in [-0.25, -0.2) is 4.98 Å². The molecule has 0 spiro atoms. The normalized spacial score (nSPS) is 16.2. The minimum absolute atomic E-state index is 0.0743. The van der Waals surface area contributed by atoms with E-state index in [1.165, 1.54) is 6.42 Å². The van der Waals surface area contributed by atoms with Gasteiger partial charge in [0.2, 0.25) is 11.9 Å². The van der Waals surface area contributed by atoms with Gasteiger partial charge in [-0.15, -0.1) is 0 Å². The number of anilines is 3. The van der Waals surface area contributed by atoms with Crippen LogP contribution in [0.15, 0.2) is 24.3 Å². The van der Waals surface area contributed by atoms with Crippen molar-refractivity contribution >= 4 is 40.2 Å². The Bertz CT molecular complexity index is 1290. The molecule has 0 unspecified atom stereocenters. The van der Waals surface area contributed by atoms with E-state index in [1.807, 2.05) is 42.0 Å². The van der Waals surface area contributed by atoms with Crippen LogP contribution >= 0.6 is 0 Å². The van der Waals surface area contributed by atoms with Crippen LogP contribution in [-0.4, -0.2) is 84.7 Å². The van der Waals surface area contributed by atoms with Crippen molar-refractivity contribution in [1.82, 2.24) is 19.9 Å². The topological polar surface area (TPSA) is 107 Å². The molecule has 2 aliphatic heterocycles. The lowest BCUT2D eigenvalue weighted by molar-refractivity contribution is -0.130. The number of amides is 2. The molecule has 37 heavy (non-hydrogen) atoms. The number of morpholine rings is 1. The van der Waals surface area contributed by atoms with Gasteiger partial charge in [0, 0.05) is 61.6 Å². The van der Waals surface area contributed by atoms with Crippen molar-refractivity contribution < 1.29 is 14.3 Å². The molecular formula is C27H35N7O3. The zero-order valence-electron chi connectivity index (χ0n) is 21.8. The third kappa shape index (κ3) is 5.53. The summed E-state index contributed by atoms with van der Waals surface area (Å²) in [6.07, 6.45) is 3.26. The highest BCUT2D eigenvalue weighted by atomic mass is 16.5. The SMILES string of the molecule is Cc1[nH]c2ccc(NC(=O)c3cc(N(C)CC(=O)N4CCCCC4)nc(N4CCOCC4)n3)cc2c1C. The molecule has 2 N–H and O–H groups in total. The van der Waals surface area contributed by atoms with Crippen LogP contribution in [-0.2, 0) is 9.53 Å². The lowest BCUT2D eigenvalue weighted by Gasteiger charge is -2.30. The molecule has 2 aliphatic rings. The number of rotatable bonds is 6. The minimum atomic E-state index is -0.321. The highest BCUT2D eigenvalue weighted by Gasteiger charge is 2.23. The van der Waals surface area contributed by atoms with Crippen LogP contribution in [0.1, 0.15) is 41.0 Å². The van der Waals surface area contributed by atoms with E-state index < -0.39 is 0 Å². The summed E-state index contributed by atoms with van der Waals surface area (Å²) >= 11 is 0. The van der Waals surface area contributed by atoms with Crippen molar-refractivity contribution in [3.8, 4) is 0 Å². The van der Waals surface area contributed by atoms with Crippen molar-refractivity contribution in [1.29, 1.82) is 0 Å². The van der Waals surface area contributed by atoms with Gasteiger partial charge in [-0.05, 0) is 56.9 Å². The summed E-state index contributed by atoms with van der Waals surface area (Å²) in [5, 5.41) is 4.07. The first-order valence-electron chi connectivity index (χ1n) is 13.0. The van der Waals surface area contributed by atoms with E-state index in [-0.39, 0.29) is 24.1 Å². The van der Waals surface area contributed by atoms with Crippen molar-refractivity contribution in [2.24, 2.45) is 0 Å². The second-order valence-corrected chi connectivity index (χ2v) is 9.90. The summed E-state index contributed by atoms with van der Waals surface area (Å²) < 4.78 is 5.48. The zero-order valence-corrected chi connectivity index (χ0v) is 21.8. The molecule has 196 valence electrons. The van der Waals surface area contributed by atoms with Gasteiger partial charge in [-0.3, -0.25) is 9.59 Å². The number of likely N-dealkylation sites (N-methyl/N-ethyl adjacent to an activating group) is 1. The molecule has 2 saturated heterocycles. The molecule has 2 fully saturated rings. The zero-order chi connectivity index (χ0) is 25.9. The van der Waals surface area contributed by atoms with Crippen LogP contribution in [0.25, 0.3) is 10.9 Å². The average molecular weight is 506 g/mol. The van der Waals surface area contributed by atoms with Gasteiger partial charge in [0.15, 0.2) is 0 Å². The molecule has 4 heterocycles. The summed E-state index contributed by atoms with van der Waals surface area (Å²) in [6.45, 7) is 8.33. The predicted molar refractivity (Wildman–Crippen MR) is 144 cm³/mol. The van der Waals surface area contributed by atoms with Crippen molar-refractivity contribution in [3.63, 3.8) is 0 Å². The molecule has 0 atom stereocenters. The van der Waals surface area contributed by atoms with E-state index in [0.29, 0.717) is 43.8 Å². The number of nitrogens with one attached hydrogen (secondary N) is 2. The lowest BCUT2D eigenvalue weighted by atomic mass is 10.1. The summed E-state index contributed by atoms with van der Waals surface area (Å²) in [5.74, 6) is 0.763. The smallest absolute Gasteiger partial charge is 0.274 e. The number of piperidine rings is 1. The van der Waals surface area contributed by atoms with Gasteiger partial charge < -0.3 is 29.7 Å². The molecule has 0 radical (unpaired) electrons. The molecule has 5 rings (SSSR count). The minimum Gasteiger partial charge on any atom is -0.378 e. The van der Waals surface area contributed by atoms with Crippen molar-refractivity contribution in [2.75, 3.05) is 68.1 Å². The number of ether oxygens (including phenoxy) is 1. The molecule has 2 aromatic heterocycles. The number of fused-ring (bicyclic) bond motifs is 1. The number of aromatic nitrogens is 3. The van der Waals surface area contributed by atoms with Crippen LogP contribution in [0, 0.1) is 13.8 Å². The van der Waals surface area contributed by atoms with Gasteiger partial charge in [-0.1, -0.05) is 0 Å². The second kappa shape index (κ2) is 10.8. The molecule has 0 saturated carbocycles. The standard InChI is InChI=1S/C27H35N7O3/c1-18-19(2)28-22-8-7-20(15-21(18)22)29-26(36)23-16-24(31-27(30-23)34-11-13-37-14-12-34)32(3)17-25(35)33-9-5-4-6-10-33/h7-8,15-16,28H,4-6,9-14,17H2,1-3H3,(H,29,36). The number of nitrogens with zero attached hydrogens (tertiary/aromatic N) is 5. The molecule has 10 heteroatoms. The van der Waals surface area contributed by atoms with E-state index in [0.717, 1.165) is 48.1 Å². The summed E-state index contributed by atoms with van der Waals surface area (Å²) in [6, 6.07) is 7.48. The van der Waals surface area contributed by atoms with Crippen molar-refractivity contribution in [3.05, 3.63) is 41.2 Å². The largest absolute Gasteiger partial charge is 0.378 e. The highest BCUT2D eigenvalue weighted by Crippen LogP contribution is 2.25. The van der Waals surface area contributed by atoms with Crippen molar-refractivity contribution in [2.45, 2.75) is 33.1 Å². The monoisotopic (exact) mass is 505 g/mol. The fourth-order valence-electron chi connectivity index (χ4n) is 4.90. The quantitative estimate of drug-likeness (QED) is 0.530. The lowest BCUT2D eigenvalue weighted by Crippen LogP contribution is -2.42. The molecular weight excluding hydrogens is 470 g/mol. The van der Waals surface area contributed by atoms with Gasteiger partial charge in [0.25, 0.3) is 5.91 Å². The Kier molecular flexibility index (Phi) is 7.27. The number of benzene rings is 1. The van der Waals surface area contributed by atoms with E-state index in [2.05, 4.69) is 22.2 Å². The maximum absolute atomic E-state index is 13.4. The Balaban J connectivity index is 1.40. The number of carbonyl (C=O) groups excluding carboxylic acids is 2. The average Bonchev–Trinajstić information content (AvgIpc) is 3.21. The Morgan fingerprint density at radius 2 is 1.81 bits per heavy atom. The summed E-state index contributed by atoms with van der Waals surface area (Å²) in [7, 11) is 1.83. The Morgan fingerprint density at radius 3 is 2.57 bits per heavy atom. The fourth-order valence-corrected chi connectivity index (χ4v) is 4.90. The van der Waals surface area contributed by atoms with Crippen LogP contribution in [0.2, 0.25) is 0 Å². The number of hydrogen-bond acceptors (Lipinski definition) is 7. The molecule has 2 amide bonds. The molecule has 0 bridgehead atoms.